The average molecular weight is 297 g/mol. The van der Waals surface area contributed by atoms with Crippen molar-refractivity contribution in [1.82, 2.24) is 15.3 Å². The van der Waals surface area contributed by atoms with Gasteiger partial charge in [0.25, 0.3) is 0 Å². The van der Waals surface area contributed by atoms with E-state index < -0.39 is 0 Å². The Morgan fingerprint density at radius 2 is 2.23 bits per heavy atom. The van der Waals surface area contributed by atoms with Crippen LogP contribution in [0.5, 0.6) is 5.75 Å². The van der Waals surface area contributed by atoms with E-state index in [-0.39, 0.29) is 0 Å². The molecule has 0 saturated heterocycles. The smallest absolute Gasteiger partial charge is 0.120 e. The molecule has 0 saturated carbocycles. The van der Waals surface area contributed by atoms with Gasteiger partial charge in [0.05, 0.1) is 5.69 Å². The van der Waals surface area contributed by atoms with Gasteiger partial charge in [-0.2, -0.15) is 0 Å². The van der Waals surface area contributed by atoms with Gasteiger partial charge < -0.3 is 10.1 Å². The van der Waals surface area contributed by atoms with Crippen LogP contribution in [0.1, 0.15) is 25.1 Å². The third-order valence-corrected chi connectivity index (χ3v) is 3.17. The number of ether oxygens (including phenoxy) is 1. The van der Waals surface area contributed by atoms with Gasteiger partial charge in [0.15, 0.2) is 0 Å². The molecule has 1 N–H and O–H groups in total. The van der Waals surface area contributed by atoms with Gasteiger partial charge in [-0.25, -0.2) is 0 Å². The topological polar surface area (TPSA) is 47.0 Å². The number of hydrogen-bond acceptors (Lipinski definition) is 4. The van der Waals surface area contributed by atoms with Crippen LogP contribution in [0.2, 0.25) is 0 Å². The quantitative estimate of drug-likeness (QED) is 0.760. The van der Waals surface area contributed by atoms with Crippen molar-refractivity contribution < 1.29 is 4.74 Å². The molecule has 0 aliphatic rings. The second-order valence-electron chi connectivity index (χ2n) is 5.58. The van der Waals surface area contributed by atoms with Gasteiger partial charge in [-0.3, -0.25) is 9.97 Å². The molecule has 1 aromatic heterocycles. The number of aromatic nitrogens is 2. The second-order valence-corrected chi connectivity index (χ2v) is 5.58. The van der Waals surface area contributed by atoms with Crippen molar-refractivity contribution >= 4 is 0 Å². The molecule has 0 bridgehead atoms. The maximum absolute atomic E-state index is 5.66. The van der Waals surface area contributed by atoms with Gasteiger partial charge in [0, 0.05) is 37.6 Å². The first-order valence-electron chi connectivity index (χ1n) is 7.48. The van der Waals surface area contributed by atoms with Crippen LogP contribution >= 0.6 is 0 Å². The van der Waals surface area contributed by atoms with Crippen LogP contribution in [0.15, 0.2) is 55.0 Å². The van der Waals surface area contributed by atoms with E-state index in [0.717, 1.165) is 30.0 Å². The van der Waals surface area contributed by atoms with Crippen LogP contribution in [0, 0.1) is 0 Å². The summed E-state index contributed by atoms with van der Waals surface area (Å²) in [5.41, 5.74) is 3.22. The SMILES string of the molecule is C=C(C)COc1cccc(CN[C@H](C)Cc2cnccn2)c1. The lowest BCUT2D eigenvalue weighted by Crippen LogP contribution is -2.27. The van der Waals surface area contributed by atoms with Crippen molar-refractivity contribution in [2.75, 3.05) is 6.61 Å². The summed E-state index contributed by atoms with van der Waals surface area (Å²) in [5, 5.41) is 3.50. The molecule has 0 spiro atoms. The molecule has 0 fully saturated rings. The molecule has 116 valence electrons. The Kier molecular flexibility index (Phi) is 6.10. The van der Waals surface area contributed by atoms with Crippen LogP contribution < -0.4 is 10.1 Å². The summed E-state index contributed by atoms with van der Waals surface area (Å²) in [7, 11) is 0. The first kappa shape index (κ1) is 16.2. The van der Waals surface area contributed by atoms with Crippen molar-refractivity contribution in [1.29, 1.82) is 0 Å². The van der Waals surface area contributed by atoms with E-state index in [9.17, 15) is 0 Å². The second kappa shape index (κ2) is 8.29. The zero-order chi connectivity index (χ0) is 15.8. The highest BCUT2D eigenvalue weighted by molar-refractivity contribution is 5.28. The normalized spacial score (nSPS) is 11.9. The van der Waals surface area contributed by atoms with Crippen LogP contribution in [0.25, 0.3) is 0 Å². The molecular weight excluding hydrogens is 274 g/mol. The van der Waals surface area contributed by atoms with Crippen LogP contribution in [-0.2, 0) is 13.0 Å². The summed E-state index contributed by atoms with van der Waals surface area (Å²) in [6.07, 6.45) is 6.09. The van der Waals surface area contributed by atoms with Crippen molar-refractivity contribution in [3.8, 4) is 5.75 Å². The Balaban J connectivity index is 1.83. The molecule has 0 amide bonds. The zero-order valence-electron chi connectivity index (χ0n) is 13.2. The molecule has 1 atom stereocenters. The molecule has 0 radical (unpaired) electrons. The van der Waals surface area contributed by atoms with Gasteiger partial charge >= 0.3 is 0 Å². The third kappa shape index (κ3) is 5.66. The summed E-state index contributed by atoms with van der Waals surface area (Å²) >= 11 is 0. The monoisotopic (exact) mass is 297 g/mol. The number of rotatable bonds is 8. The maximum atomic E-state index is 5.66. The molecule has 0 aliphatic heterocycles. The first-order chi connectivity index (χ1) is 10.6. The fourth-order valence-corrected chi connectivity index (χ4v) is 2.07. The Labute approximate surface area is 132 Å². The lowest BCUT2D eigenvalue weighted by atomic mass is 10.1. The average Bonchev–Trinajstić information content (AvgIpc) is 2.52. The van der Waals surface area contributed by atoms with Gasteiger partial charge in [0.1, 0.15) is 12.4 Å². The molecule has 1 heterocycles. The van der Waals surface area contributed by atoms with E-state index in [4.69, 9.17) is 4.74 Å². The lowest BCUT2D eigenvalue weighted by Gasteiger charge is -2.14. The lowest BCUT2D eigenvalue weighted by molar-refractivity contribution is 0.352. The van der Waals surface area contributed by atoms with E-state index >= 15 is 0 Å². The van der Waals surface area contributed by atoms with Crippen molar-refractivity contribution in [2.45, 2.75) is 32.9 Å². The largest absolute Gasteiger partial charge is 0.489 e. The van der Waals surface area contributed by atoms with E-state index in [1.807, 2.05) is 25.3 Å². The number of hydrogen-bond donors (Lipinski definition) is 1. The minimum absolute atomic E-state index is 0.330. The maximum Gasteiger partial charge on any atom is 0.120 e. The Morgan fingerprint density at radius 1 is 1.36 bits per heavy atom. The molecule has 0 unspecified atom stereocenters. The van der Waals surface area contributed by atoms with Crippen LogP contribution in [0.4, 0.5) is 0 Å². The molecule has 22 heavy (non-hydrogen) atoms. The predicted octanol–water partition coefficient (Wildman–Crippen LogP) is 3.15. The fourth-order valence-electron chi connectivity index (χ4n) is 2.07. The molecular formula is C18H23N3O. The first-order valence-corrected chi connectivity index (χ1v) is 7.48. The number of nitrogens with zero attached hydrogens (tertiary/aromatic N) is 2. The molecule has 4 nitrogen and oxygen atoms in total. The summed E-state index contributed by atoms with van der Waals surface area (Å²) < 4.78 is 5.66. The van der Waals surface area contributed by atoms with Crippen LogP contribution in [0.3, 0.4) is 0 Å². The zero-order valence-corrected chi connectivity index (χ0v) is 13.2. The Morgan fingerprint density at radius 3 is 2.95 bits per heavy atom. The Hall–Kier alpha value is -2.20. The molecule has 2 rings (SSSR count). The highest BCUT2D eigenvalue weighted by atomic mass is 16.5. The van der Waals surface area contributed by atoms with E-state index in [2.05, 4.69) is 40.9 Å². The van der Waals surface area contributed by atoms with Crippen molar-refractivity contribution in [3.63, 3.8) is 0 Å². The van der Waals surface area contributed by atoms with Crippen LogP contribution in [-0.4, -0.2) is 22.6 Å². The highest BCUT2D eigenvalue weighted by Crippen LogP contribution is 2.14. The van der Waals surface area contributed by atoms with E-state index in [1.54, 1.807) is 12.4 Å². The molecule has 4 heteroatoms. The van der Waals surface area contributed by atoms with Gasteiger partial charge in [-0.1, -0.05) is 18.7 Å². The summed E-state index contributed by atoms with van der Waals surface area (Å²) in [4.78, 5) is 8.39. The summed E-state index contributed by atoms with van der Waals surface area (Å²) in [5.74, 6) is 0.879. The summed E-state index contributed by atoms with van der Waals surface area (Å²) in [6.45, 7) is 9.30. The van der Waals surface area contributed by atoms with E-state index in [1.165, 1.54) is 5.56 Å². The highest BCUT2D eigenvalue weighted by Gasteiger charge is 2.05. The van der Waals surface area contributed by atoms with Gasteiger partial charge in [-0.15, -0.1) is 0 Å². The third-order valence-electron chi connectivity index (χ3n) is 3.17. The summed E-state index contributed by atoms with van der Waals surface area (Å²) in [6, 6.07) is 8.46. The molecule has 1 aromatic carbocycles. The van der Waals surface area contributed by atoms with Gasteiger partial charge in [0.2, 0.25) is 0 Å². The Bertz CT molecular complexity index is 598. The van der Waals surface area contributed by atoms with Crippen molar-refractivity contribution in [3.05, 3.63) is 66.3 Å². The number of nitrogens with one attached hydrogen (secondary N) is 1. The minimum Gasteiger partial charge on any atom is -0.489 e. The minimum atomic E-state index is 0.330. The number of benzene rings is 1. The van der Waals surface area contributed by atoms with E-state index in [0.29, 0.717) is 12.6 Å². The standard InChI is InChI=1S/C18H23N3O/c1-14(2)13-22-18-6-4-5-16(10-18)11-21-15(3)9-17-12-19-7-8-20-17/h4-8,10,12,15,21H,1,9,11,13H2,2-3H3/t15-/m1/s1. The van der Waals surface area contributed by atoms with Crippen molar-refractivity contribution in [2.24, 2.45) is 0 Å². The predicted molar refractivity (Wildman–Crippen MR) is 88.8 cm³/mol. The van der Waals surface area contributed by atoms with Gasteiger partial charge in [-0.05, 0) is 37.1 Å². The molecule has 0 aliphatic carbocycles. The molecule has 2 aromatic rings. The fraction of sp³-hybridized carbons (Fsp3) is 0.333.